The van der Waals surface area contributed by atoms with Crippen LogP contribution in [0.3, 0.4) is 0 Å². The van der Waals surface area contributed by atoms with Gasteiger partial charge in [-0.1, -0.05) is 23.2 Å². The second-order valence-corrected chi connectivity index (χ2v) is 10.3. The molecular weight excluding hydrogens is 482 g/mol. The number of aryl methyl sites for hydroxylation is 1. The summed E-state index contributed by atoms with van der Waals surface area (Å²) in [5, 5.41) is 4.03. The maximum Gasteiger partial charge on any atom is 0.410 e. The first-order chi connectivity index (χ1) is 15.9. The molecule has 180 valence electrons. The highest BCUT2D eigenvalue weighted by Crippen LogP contribution is 2.43. The summed E-state index contributed by atoms with van der Waals surface area (Å²) in [7, 11) is 1.62. The van der Waals surface area contributed by atoms with E-state index in [2.05, 4.69) is 10.3 Å². The van der Waals surface area contributed by atoms with Gasteiger partial charge in [-0.2, -0.15) is 0 Å². The molecule has 7 nitrogen and oxygen atoms in total. The quantitative estimate of drug-likeness (QED) is 0.486. The van der Waals surface area contributed by atoms with Crippen LogP contribution in [0.4, 0.5) is 14.9 Å². The fourth-order valence-corrected chi connectivity index (χ4v) is 4.68. The Bertz CT molecular complexity index is 1340. The van der Waals surface area contributed by atoms with Gasteiger partial charge in [-0.25, -0.2) is 14.2 Å². The van der Waals surface area contributed by atoms with Crippen LogP contribution in [0, 0.1) is 5.82 Å². The van der Waals surface area contributed by atoms with Crippen molar-refractivity contribution in [1.82, 2.24) is 14.5 Å². The summed E-state index contributed by atoms with van der Waals surface area (Å²) < 4.78 is 22.1. The van der Waals surface area contributed by atoms with Gasteiger partial charge in [0.1, 0.15) is 11.4 Å². The van der Waals surface area contributed by atoms with Gasteiger partial charge in [-0.15, -0.1) is 0 Å². The molecule has 1 N–H and O–H groups in total. The average Bonchev–Trinajstić information content (AvgIpc) is 3.18. The zero-order chi connectivity index (χ0) is 24.8. The molecule has 10 heteroatoms. The van der Waals surface area contributed by atoms with Crippen LogP contribution >= 0.6 is 23.2 Å². The van der Waals surface area contributed by atoms with Crippen LogP contribution in [0.1, 0.15) is 32.8 Å². The number of hydrogen-bond donors (Lipinski definition) is 1. The third-order valence-corrected chi connectivity index (χ3v) is 6.55. The molecule has 1 aromatic heterocycles. The van der Waals surface area contributed by atoms with Crippen molar-refractivity contribution in [2.75, 3.05) is 18.4 Å². The van der Waals surface area contributed by atoms with E-state index >= 15 is 4.39 Å². The summed E-state index contributed by atoms with van der Waals surface area (Å²) >= 11 is 12.7. The molecule has 34 heavy (non-hydrogen) atoms. The lowest BCUT2D eigenvalue weighted by atomic mass is 9.87. The van der Waals surface area contributed by atoms with Crippen LogP contribution in [-0.4, -0.2) is 39.2 Å². The van der Waals surface area contributed by atoms with Crippen molar-refractivity contribution >= 4 is 45.9 Å². The van der Waals surface area contributed by atoms with Crippen molar-refractivity contribution < 1.29 is 13.9 Å². The summed E-state index contributed by atoms with van der Waals surface area (Å²) in [5.74, 6) is -0.550. The van der Waals surface area contributed by atoms with E-state index in [1.807, 2.05) is 0 Å². The normalized spacial score (nSPS) is 18.4. The Morgan fingerprint density at radius 3 is 2.68 bits per heavy atom. The monoisotopic (exact) mass is 506 g/mol. The summed E-state index contributed by atoms with van der Waals surface area (Å²) in [6.45, 7) is 5.74. The van der Waals surface area contributed by atoms with E-state index in [9.17, 15) is 9.59 Å². The van der Waals surface area contributed by atoms with Crippen molar-refractivity contribution in [3.8, 4) is 0 Å². The molecule has 1 saturated heterocycles. The fraction of sp³-hybridized carbons (Fsp3) is 0.375. The molecule has 0 spiro atoms. The number of anilines is 1. The fourth-order valence-electron chi connectivity index (χ4n) is 4.19. The molecule has 0 radical (unpaired) electrons. The van der Waals surface area contributed by atoms with Gasteiger partial charge in [0.2, 0.25) is 0 Å². The Morgan fingerprint density at radius 1 is 1.24 bits per heavy atom. The van der Waals surface area contributed by atoms with Crippen molar-refractivity contribution in [1.29, 1.82) is 0 Å². The van der Waals surface area contributed by atoms with Crippen LogP contribution in [0.5, 0.6) is 0 Å². The lowest BCUT2D eigenvalue weighted by Gasteiger charge is -2.34. The van der Waals surface area contributed by atoms with Gasteiger partial charge in [0.05, 0.1) is 39.4 Å². The van der Waals surface area contributed by atoms with Crippen LogP contribution in [0.2, 0.25) is 10.0 Å². The second-order valence-electron chi connectivity index (χ2n) is 9.47. The van der Waals surface area contributed by atoms with Crippen LogP contribution < -0.4 is 10.9 Å². The molecule has 0 aliphatic carbocycles. The number of rotatable bonds is 3. The summed E-state index contributed by atoms with van der Waals surface area (Å²) in [4.78, 5) is 31.2. The first-order valence-corrected chi connectivity index (χ1v) is 11.5. The van der Waals surface area contributed by atoms with Crippen molar-refractivity contribution in [2.24, 2.45) is 7.05 Å². The van der Waals surface area contributed by atoms with Gasteiger partial charge in [0.25, 0.3) is 5.56 Å². The molecule has 0 saturated carbocycles. The number of carbonyl (C=O) groups excluding carboxylic acids is 1. The predicted octanol–water partition coefficient (Wildman–Crippen LogP) is 5.33. The second kappa shape index (κ2) is 8.74. The number of halogens is 3. The number of likely N-dealkylation sites (tertiary alicyclic amines) is 1. The number of carbonyl (C=O) groups is 1. The number of benzene rings is 2. The summed E-state index contributed by atoms with van der Waals surface area (Å²) in [5.41, 5.74) is -0.747. The van der Waals surface area contributed by atoms with E-state index in [0.29, 0.717) is 29.6 Å². The maximum absolute atomic E-state index is 15.2. The van der Waals surface area contributed by atoms with Crippen molar-refractivity contribution in [2.45, 2.75) is 38.3 Å². The largest absolute Gasteiger partial charge is 0.444 e. The number of nitrogens with one attached hydrogen (secondary N) is 1. The lowest BCUT2D eigenvalue weighted by molar-refractivity contribution is 0.0286. The number of fused-ring (bicyclic) bond motifs is 1. The summed E-state index contributed by atoms with van der Waals surface area (Å²) in [6, 6.07) is 7.77. The SMILES string of the molecule is Cn1cnc2ccc(NC3(c4c(F)ccc(Cl)c4Cl)CCN(C(=O)OC(C)(C)C)C3)cc2c1=O. The molecule has 1 atom stereocenters. The first-order valence-electron chi connectivity index (χ1n) is 10.8. The van der Waals surface area contributed by atoms with Gasteiger partial charge in [-0.3, -0.25) is 4.79 Å². The molecule has 4 rings (SSSR count). The number of amides is 1. The number of ether oxygens (including phenoxy) is 1. The average molecular weight is 507 g/mol. The molecule has 3 aromatic rings. The molecular formula is C24H25Cl2FN4O3. The molecule has 1 unspecified atom stereocenters. The van der Waals surface area contributed by atoms with Gasteiger partial charge < -0.3 is 19.5 Å². The molecule has 1 amide bonds. The zero-order valence-corrected chi connectivity index (χ0v) is 20.8. The third-order valence-electron chi connectivity index (χ3n) is 5.74. The van der Waals surface area contributed by atoms with Crippen LogP contribution in [0.25, 0.3) is 10.9 Å². The van der Waals surface area contributed by atoms with E-state index in [-0.39, 0.29) is 27.7 Å². The van der Waals surface area contributed by atoms with Gasteiger partial charge in [-0.05, 0) is 57.5 Å². The molecule has 0 bridgehead atoms. The van der Waals surface area contributed by atoms with E-state index in [4.69, 9.17) is 27.9 Å². The Hall–Kier alpha value is -2.84. The van der Waals surface area contributed by atoms with Gasteiger partial charge >= 0.3 is 6.09 Å². The third kappa shape index (κ3) is 4.57. The number of nitrogens with zero attached hydrogens (tertiary/aromatic N) is 3. The molecule has 2 heterocycles. The number of aromatic nitrogens is 2. The standard InChI is InChI=1S/C24H25Cl2FN4O3/c1-23(2,3)34-22(33)31-10-9-24(12-31,19-17(27)7-6-16(25)20(19)26)29-14-5-8-18-15(11-14)21(32)30(4)13-28-18/h5-8,11,13,29H,9-10,12H2,1-4H3. The Labute approximate surface area is 206 Å². The van der Waals surface area contributed by atoms with E-state index in [1.54, 1.807) is 46.0 Å². The molecule has 1 fully saturated rings. The highest BCUT2D eigenvalue weighted by molar-refractivity contribution is 6.42. The van der Waals surface area contributed by atoms with Crippen LogP contribution in [-0.2, 0) is 17.3 Å². The Morgan fingerprint density at radius 2 is 1.97 bits per heavy atom. The van der Waals surface area contributed by atoms with Crippen molar-refractivity contribution in [3.05, 3.63) is 68.4 Å². The number of hydrogen-bond acceptors (Lipinski definition) is 5. The minimum absolute atomic E-state index is 0.0681. The van der Waals surface area contributed by atoms with Gasteiger partial charge in [0.15, 0.2) is 0 Å². The Kier molecular flexibility index (Phi) is 6.25. The lowest BCUT2D eigenvalue weighted by Crippen LogP contribution is -2.42. The van der Waals surface area contributed by atoms with Crippen LogP contribution in [0.15, 0.2) is 41.5 Å². The van der Waals surface area contributed by atoms with E-state index in [0.717, 1.165) is 0 Å². The minimum atomic E-state index is -1.11. The Balaban J connectivity index is 1.80. The highest BCUT2D eigenvalue weighted by atomic mass is 35.5. The minimum Gasteiger partial charge on any atom is -0.444 e. The maximum atomic E-state index is 15.2. The zero-order valence-electron chi connectivity index (χ0n) is 19.3. The highest BCUT2D eigenvalue weighted by Gasteiger charge is 2.46. The first kappa shape index (κ1) is 24.3. The molecule has 1 aliphatic heterocycles. The molecule has 2 aromatic carbocycles. The smallest absolute Gasteiger partial charge is 0.410 e. The predicted molar refractivity (Wildman–Crippen MR) is 131 cm³/mol. The van der Waals surface area contributed by atoms with Crippen molar-refractivity contribution in [3.63, 3.8) is 0 Å². The van der Waals surface area contributed by atoms with Gasteiger partial charge in [0, 0.05) is 24.8 Å². The topological polar surface area (TPSA) is 76.5 Å². The summed E-state index contributed by atoms with van der Waals surface area (Å²) in [6.07, 6.45) is 1.29. The molecule has 1 aliphatic rings. The van der Waals surface area contributed by atoms with E-state index in [1.165, 1.54) is 27.9 Å². The van der Waals surface area contributed by atoms with E-state index < -0.39 is 23.1 Å².